The first-order valence-electron chi connectivity index (χ1n) is 5.29. The fraction of sp³-hybridized carbons (Fsp3) is 1.00. The van der Waals surface area contributed by atoms with E-state index in [9.17, 15) is 0 Å². The number of hydrogen-bond acceptors (Lipinski definition) is 1. The Hall–Kier alpha value is -0.0400. The Balaban J connectivity index is 3.76. The van der Waals surface area contributed by atoms with Gasteiger partial charge in [-0.3, -0.25) is 0 Å². The fourth-order valence-corrected chi connectivity index (χ4v) is 1.69. The molecule has 0 radical (unpaired) electrons. The van der Waals surface area contributed by atoms with Crippen LogP contribution in [0.25, 0.3) is 0 Å². The van der Waals surface area contributed by atoms with Gasteiger partial charge in [-0.05, 0) is 19.3 Å². The zero-order valence-corrected chi connectivity index (χ0v) is 9.15. The molecule has 0 N–H and O–H groups in total. The smallest absolute Gasteiger partial charge is 0.0673 e. The van der Waals surface area contributed by atoms with Gasteiger partial charge in [0.25, 0.3) is 0 Å². The van der Waals surface area contributed by atoms with Crippen molar-refractivity contribution in [1.29, 1.82) is 0 Å². The van der Waals surface area contributed by atoms with E-state index in [1.54, 1.807) is 0 Å². The molecule has 0 unspecified atom stereocenters. The van der Waals surface area contributed by atoms with Gasteiger partial charge in [-0.15, -0.1) is 0 Å². The molecule has 0 aromatic rings. The van der Waals surface area contributed by atoms with Gasteiger partial charge >= 0.3 is 0 Å². The average Bonchev–Trinajstić information content (AvgIpc) is 2.14. The topological polar surface area (TPSA) is 9.23 Å². The van der Waals surface area contributed by atoms with Crippen molar-refractivity contribution in [3.8, 4) is 0 Å². The van der Waals surface area contributed by atoms with E-state index in [0.717, 1.165) is 12.8 Å². The molecule has 12 heavy (non-hydrogen) atoms. The number of unbranched alkanes of at least 4 members (excludes halogenated alkanes) is 2. The first kappa shape index (κ1) is 12.0. The molecule has 74 valence electrons. The highest BCUT2D eigenvalue weighted by molar-refractivity contribution is 4.76. The molecule has 0 aliphatic carbocycles. The largest absolute Gasteiger partial charge is 0.378 e. The van der Waals surface area contributed by atoms with Crippen LogP contribution in [-0.4, -0.2) is 12.7 Å². The van der Waals surface area contributed by atoms with E-state index >= 15 is 0 Å². The number of rotatable bonds is 7. The molecule has 0 fully saturated rings. The Kier molecular flexibility index (Phi) is 6.45. The van der Waals surface area contributed by atoms with Gasteiger partial charge < -0.3 is 4.74 Å². The minimum Gasteiger partial charge on any atom is -0.378 e. The highest BCUT2D eigenvalue weighted by atomic mass is 16.5. The summed E-state index contributed by atoms with van der Waals surface area (Å²) in [5, 5.41) is 0. The lowest BCUT2D eigenvalue weighted by Crippen LogP contribution is -2.29. The van der Waals surface area contributed by atoms with Crippen LogP contribution in [0.4, 0.5) is 0 Å². The van der Waals surface area contributed by atoms with Crippen LogP contribution in [-0.2, 0) is 4.74 Å². The monoisotopic (exact) mass is 172 g/mol. The molecule has 1 heteroatoms. The quantitative estimate of drug-likeness (QED) is 0.531. The summed E-state index contributed by atoms with van der Waals surface area (Å²) in [7, 11) is 1.85. The molecule has 0 aromatic carbocycles. The van der Waals surface area contributed by atoms with Crippen molar-refractivity contribution in [3.63, 3.8) is 0 Å². The van der Waals surface area contributed by atoms with Gasteiger partial charge in [-0.1, -0.05) is 40.0 Å². The van der Waals surface area contributed by atoms with Crippen molar-refractivity contribution >= 4 is 0 Å². The molecule has 0 amide bonds. The summed E-state index contributed by atoms with van der Waals surface area (Å²) in [6, 6.07) is 0. The maximum absolute atomic E-state index is 5.58. The van der Waals surface area contributed by atoms with Crippen molar-refractivity contribution in [2.45, 2.75) is 64.9 Å². The highest BCUT2D eigenvalue weighted by Gasteiger charge is 2.24. The van der Waals surface area contributed by atoms with E-state index in [4.69, 9.17) is 4.74 Å². The summed E-state index contributed by atoms with van der Waals surface area (Å²) >= 11 is 0. The van der Waals surface area contributed by atoms with Crippen LogP contribution >= 0.6 is 0 Å². The molecule has 1 nitrogen and oxygen atoms in total. The molecule has 0 aliphatic rings. The Labute approximate surface area is 77.5 Å². The molecule has 0 saturated carbocycles. The second-order valence-electron chi connectivity index (χ2n) is 3.55. The third-order valence-electron chi connectivity index (χ3n) is 2.96. The third kappa shape index (κ3) is 3.57. The van der Waals surface area contributed by atoms with Crippen LogP contribution in [0.2, 0.25) is 0 Å². The van der Waals surface area contributed by atoms with E-state index < -0.39 is 0 Å². The molecule has 0 aromatic heterocycles. The molecule has 0 spiro atoms. The van der Waals surface area contributed by atoms with Gasteiger partial charge in [-0.2, -0.15) is 0 Å². The number of ether oxygens (including phenoxy) is 1. The lowest BCUT2D eigenvalue weighted by Gasteiger charge is -2.30. The molecular formula is C11H24O. The van der Waals surface area contributed by atoms with Crippen LogP contribution in [0.1, 0.15) is 59.3 Å². The molecule has 0 saturated heterocycles. The standard InChI is InChI=1S/C11H24O/c1-5-8-9-10-11(6-2,7-3)12-4/h5-10H2,1-4H3. The van der Waals surface area contributed by atoms with Crippen LogP contribution < -0.4 is 0 Å². The first-order chi connectivity index (χ1) is 5.74. The van der Waals surface area contributed by atoms with E-state index in [2.05, 4.69) is 20.8 Å². The molecule has 0 heterocycles. The Morgan fingerprint density at radius 2 is 1.58 bits per heavy atom. The van der Waals surface area contributed by atoms with Crippen molar-refractivity contribution in [2.75, 3.05) is 7.11 Å². The van der Waals surface area contributed by atoms with Crippen molar-refractivity contribution in [2.24, 2.45) is 0 Å². The second-order valence-corrected chi connectivity index (χ2v) is 3.55. The summed E-state index contributed by atoms with van der Waals surface area (Å²) in [4.78, 5) is 0. The summed E-state index contributed by atoms with van der Waals surface area (Å²) in [6.45, 7) is 6.68. The van der Waals surface area contributed by atoms with Crippen LogP contribution in [0.5, 0.6) is 0 Å². The zero-order chi connectivity index (χ0) is 9.45. The fourth-order valence-electron chi connectivity index (χ4n) is 1.69. The van der Waals surface area contributed by atoms with Crippen LogP contribution in [0.15, 0.2) is 0 Å². The predicted octanol–water partition coefficient (Wildman–Crippen LogP) is 3.77. The molecular weight excluding hydrogens is 148 g/mol. The summed E-state index contributed by atoms with van der Waals surface area (Å²) in [6.07, 6.45) is 7.46. The van der Waals surface area contributed by atoms with E-state index in [0.29, 0.717) is 0 Å². The van der Waals surface area contributed by atoms with Crippen molar-refractivity contribution < 1.29 is 4.74 Å². The van der Waals surface area contributed by atoms with Gasteiger partial charge in [0.15, 0.2) is 0 Å². The van der Waals surface area contributed by atoms with Crippen LogP contribution in [0, 0.1) is 0 Å². The van der Waals surface area contributed by atoms with Crippen LogP contribution in [0.3, 0.4) is 0 Å². The molecule has 0 atom stereocenters. The SMILES string of the molecule is CCCCCC(CC)(CC)OC. The zero-order valence-electron chi connectivity index (χ0n) is 9.15. The third-order valence-corrected chi connectivity index (χ3v) is 2.96. The second kappa shape index (κ2) is 6.47. The van der Waals surface area contributed by atoms with E-state index in [1.807, 2.05) is 7.11 Å². The lowest BCUT2D eigenvalue weighted by molar-refractivity contribution is -0.0254. The van der Waals surface area contributed by atoms with E-state index in [-0.39, 0.29) is 5.60 Å². The maximum atomic E-state index is 5.58. The van der Waals surface area contributed by atoms with Crippen molar-refractivity contribution in [3.05, 3.63) is 0 Å². The Bertz CT molecular complexity index is 86.9. The maximum Gasteiger partial charge on any atom is 0.0673 e. The lowest BCUT2D eigenvalue weighted by atomic mass is 9.90. The minimum atomic E-state index is 0.176. The van der Waals surface area contributed by atoms with Crippen molar-refractivity contribution in [1.82, 2.24) is 0 Å². The predicted molar refractivity (Wildman–Crippen MR) is 54.5 cm³/mol. The first-order valence-corrected chi connectivity index (χ1v) is 5.29. The van der Waals surface area contributed by atoms with Gasteiger partial charge in [0, 0.05) is 7.11 Å². The van der Waals surface area contributed by atoms with E-state index in [1.165, 1.54) is 25.7 Å². The summed E-state index contributed by atoms with van der Waals surface area (Å²) < 4.78 is 5.58. The molecule has 0 aliphatic heterocycles. The van der Waals surface area contributed by atoms with Gasteiger partial charge in [0.2, 0.25) is 0 Å². The highest BCUT2D eigenvalue weighted by Crippen LogP contribution is 2.26. The van der Waals surface area contributed by atoms with Gasteiger partial charge in [0.1, 0.15) is 0 Å². The molecule has 0 bridgehead atoms. The number of methoxy groups -OCH3 is 1. The average molecular weight is 172 g/mol. The minimum absolute atomic E-state index is 0.176. The van der Waals surface area contributed by atoms with Gasteiger partial charge in [-0.25, -0.2) is 0 Å². The van der Waals surface area contributed by atoms with Gasteiger partial charge in [0.05, 0.1) is 5.60 Å². The molecule has 0 rings (SSSR count). The number of hydrogen-bond donors (Lipinski definition) is 0. The Morgan fingerprint density at radius 1 is 1.00 bits per heavy atom. The Morgan fingerprint density at radius 3 is 1.92 bits per heavy atom. The summed E-state index contributed by atoms with van der Waals surface area (Å²) in [5.74, 6) is 0. The normalized spacial score (nSPS) is 12.0. The summed E-state index contributed by atoms with van der Waals surface area (Å²) in [5.41, 5.74) is 0.176.